The van der Waals surface area contributed by atoms with Gasteiger partial charge in [-0.15, -0.1) is 0 Å². The number of anilines is 1. The molecule has 0 saturated carbocycles. The summed E-state index contributed by atoms with van der Waals surface area (Å²) in [6, 6.07) is 11.0. The fourth-order valence-electron chi connectivity index (χ4n) is 3.05. The zero-order valence-corrected chi connectivity index (χ0v) is 18.9. The normalized spacial score (nSPS) is 16.8. The largest absolute Gasteiger partial charge is 0.455 e. The third kappa shape index (κ3) is 5.75. The second-order valence-corrected chi connectivity index (χ2v) is 9.10. The first kappa shape index (κ1) is 23.5. The van der Waals surface area contributed by atoms with Gasteiger partial charge in [-0.1, -0.05) is 25.4 Å². The summed E-state index contributed by atoms with van der Waals surface area (Å²) < 4.78 is 43.8. The average molecular weight is 469 g/mol. The van der Waals surface area contributed by atoms with Gasteiger partial charge < -0.3 is 19.5 Å². The Labute approximate surface area is 187 Å². The topological polar surface area (TPSA) is 94.2 Å². The number of carbonyl (C=O) groups excluding carboxylic acids is 1. The van der Waals surface area contributed by atoms with Crippen LogP contribution in [0.15, 0.2) is 47.4 Å². The summed E-state index contributed by atoms with van der Waals surface area (Å²) in [6.07, 6.45) is -0.792. The summed E-state index contributed by atoms with van der Waals surface area (Å²) in [4.78, 5) is 12.7. The van der Waals surface area contributed by atoms with E-state index < -0.39 is 22.0 Å². The minimum absolute atomic E-state index is 0.0516. The number of hydrogen-bond donors (Lipinski definition) is 1. The van der Waals surface area contributed by atoms with Crippen LogP contribution in [-0.4, -0.2) is 57.6 Å². The van der Waals surface area contributed by atoms with Gasteiger partial charge in [0.2, 0.25) is 10.0 Å². The highest BCUT2D eigenvalue weighted by molar-refractivity contribution is 7.89. The van der Waals surface area contributed by atoms with Gasteiger partial charge in [0, 0.05) is 18.1 Å². The van der Waals surface area contributed by atoms with Gasteiger partial charge in [0.05, 0.1) is 30.4 Å². The number of benzene rings is 2. The standard InChI is InChI=1S/C21H25ClN2O6S/c1-3-24(4-2)31(26,27)17-9-10-19(30-16-7-5-15(22)6-8-16)18(13-17)23-21(25)20-14-28-11-12-29-20/h5-10,13,20H,3-4,11-12,14H2,1-2H3,(H,23,25). The molecule has 1 heterocycles. The Morgan fingerprint density at radius 1 is 1.16 bits per heavy atom. The molecule has 31 heavy (non-hydrogen) atoms. The van der Waals surface area contributed by atoms with Crippen LogP contribution in [0.4, 0.5) is 5.69 Å². The van der Waals surface area contributed by atoms with Crippen molar-refractivity contribution >= 4 is 33.2 Å². The highest BCUT2D eigenvalue weighted by Gasteiger charge is 2.26. The number of rotatable bonds is 8. The molecule has 8 nitrogen and oxygen atoms in total. The van der Waals surface area contributed by atoms with Crippen molar-refractivity contribution in [3.8, 4) is 11.5 Å². The maximum atomic E-state index is 13.0. The van der Waals surface area contributed by atoms with Crippen LogP contribution in [0.5, 0.6) is 11.5 Å². The summed E-state index contributed by atoms with van der Waals surface area (Å²) >= 11 is 5.92. The Hall–Kier alpha value is -2.17. The third-order valence-electron chi connectivity index (χ3n) is 4.70. The van der Waals surface area contributed by atoms with E-state index in [0.717, 1.165) is 0 Å². The zero-order chi connectivity index (χ0) is 22.4. The van der Waals surface area contributed by atoms with E-state index in [1.54, 1.807) is 38.1 Å². The Kier molecular flexibility index (Phi) is 7.90. The van der Waals surface area contributed by atoms with Gasteiger partial charge >= 0.3 is 0 Å². The monoisotopic (exact) mass is 468 g/mol. The maximum Gasteiger partial charge on any atom is 0.256 e. The van der Waals surface area contributed by atoms with Gasteiger partial charge in [-0.2, -0.15) is 4.31 Å². The van der Waals surface area contributed by atoms with Crippen LogP contribution in [0.1, 0.15) is 13.8 Å². The Bertz CT molecular complexity index is 1000. The molecule has 0 aromatic heterocycles. The molecule has 0 radical (unpaired) electrons. The molecule has 0 spiro atoms. The van der Waals surface area contributed by atoms with E-state index in [0.29, 0.717) is 37.1 Å². The van der Waals surface area contributed by atoms with E-state index in [2.05, 4.69) is 5.32 Å². The summed E-state index contributed by atoms with van der Waals surface area (Å²) in [7, 11) is -3.73. The number of halogens is 1. The summed E-state index contributed by atoms with van der Waals surface area (Å²) in [5.74, 6) is 0.320. The number of nitrogens with zero attached hydrogens (tertiary/aromatic N) is 1. The smallest absolute Gasteiger partial charge is 0.256 e. The molecular weight excluding hydrogens is 444 g/mol. The molecular formula is C21H25ClN2O6S. The lowest BCUT2D eigenvalue weighted by atomic mass is 10.2. The van der Waals surface area contributed by atoms with Crippen LogP contribution in [0.2, 0.25) is 5.02 Å². The molecule has 1 aliphatic heterocycles. The van der Waals surface area contributed by atoms with Gasteiger partial charge in [0.25, 0.3) is 5.91 Å². The van der Waals surface area contributed by atoms with Crippen molar-refractivity contribution in [2.24, 2.45) is 0 Å². The summed E-state index contributed by atoms with van der Waals surface area (Å²) in [6.45, 7) is 5.05. The lowest BCUT2D eigenvalue weighted by Crippen LogP contribution is -2.39. The lowest BCUT2D eigenvalue weighted by Gasteiger charge is -2.23. The van der Waals surface area contributed by atoms with Crippen molar-refractivity contribution in [1.82, 2.24) is 4.31 Å². The predicted octanol–water partition coefficient (Wildman–Crippen LogP) is 3.52. The summed E-state index contributed by atoms with van der Waals surface area (Å²) in [5.41, 5.74) is 0.211. The highest BCUT2D eigenvalue weighted by atomic mass is 35.5. The number of amides is 1. The first-order valence-corrected chi connectivity index (χ1v) is 11.7. The molecule has 1 N–H and O–H groups in total. The molecule has 168 valence electrons. The van der Waals surface area contributed by atoms with Crippen LogP contribution < -0.4 is 10.1 Å². The van der Waals surface area contributed by atoms with E-state index in [4.69, 9.17) is 25.8 Å². The molecule has 1 amide bonds. The molecule has 0 aliphatic carbocycles. The van der Waals surface area contributed by atoms with Crippen molar-refractivity contribution in [1.29, 1.82) is 0 Å². The quantitative estimate of drug-likeness (QED) is 0.637. The molecule has 1 aliphatic rings. The van der Waals surface area contributed by atoms with Crippen LogP contribution in [0, 0.1) is 0 Å². The van der Waals surface area contributed by atoms with Crippen molar-refractivity contribution in [3.05, 3.63) is 47.5 Å². The molecule has 2 aromatic rings. The number of ether oxygens (including phenoxy) is 3. The van der Waals surface area contributed by atoms with Crippen LogP contribution in [0.3, 0.4) is 0 Å². The number of sulfonamides is 1. The number of nitrogens with one attached hydrogen (secondary N) is 1. The van der Waals surface area contributed by atoms with Gasteiger partial charge in [-0.25, -0.2) is 8.42 Å². The van der Waals surface area contributed by atoms with Gasteiger partial charge in [-0.05, 0) is 42.5 Å². The van der Waals surface area contributed by atoms with Gasteiger partial charge in [-0.3, -0.25) is 4.79 Å². The molecule has 1 atom stereocenters. The van der Waals surface area contributed by atoms with Crippen LogP contribution in [-0.2, 0) is 24.3 Å². The number of carbonyl (C=O) groups is 1. The molecule has 1 unspecified atom stereocenters. The third-order valence-corrected chi connectivity index (χ3v) is 7.00. The van der Waals surface area contributed by atoms with Crippen molar-refractivity contribution < 1.29 is 27.4 Å². The Morgan fingerprint density at radius 2 is 1.87 bits per heavy atom. The first-order valence-electron chi connectivity index (χ1n) is 9.93. The number of hydrogen-bond acceptors (Lipinski definition) is 6. The lowest BCUT2D eigenvalue weighted by molar-refractivity contribution is -0.142. The SMILES string of the molecule is CCN(CC)S(=O)(=O)c1ccc(Oc2ccc(Cl)cc2)c(NC(=O)C2COCCO2)c1. The molecule has 1 fully saturated rings. The molecule has 0 bridgehead atoms. The van der Waals surface area contributed by atoms with Crippen molar-refractivity contribution in [2.75, 3.05) is 38.2 Å². The van der Waals surface area contributed by atoms with Crippen molar-refractivity contribution in [2.45, 2.75) is 24.8 Å². The maximum absolute atomic E-state index is 13.0. The molecule has 2 aromatic carbocycles. The van der Waals surface area contributed by atoms with Crippen molar-refractivity contribution in [3.63, 3.8) is 0 Å². The van der Waals surface area contributed by atoms with E-state index in [-0.39, 0.29) is 22.9 Å². The van der Waals surface area contributed by atoms with E-state index in [1.165, 1.54) is 22.5 Å². The molecule has 3 rings (SSSR count). The minimum Gasteiger partial charge on any atom is -0.455 e. The van der Waals surface area contributed by atoms with Gasteiger partial charge in [0.1, 0.15) is 5.75 Å². The summed E-state index contributed by atoms with van der Waals surface area (Å²) in [5, 5.41) is 3.27. The van der Waals surface area contributed by atoms with Crippen LogP contribution in [0.25, 0.3) is 0 Å². The molecule has 1 saturated heterocycles. The predicted molar refractivity (Wildman–Crippen MR) is 117 cm³/mol. The van der Waals surface area contributed by atoms with Gasteiger partial charge in [0.15, 0.2) is 11.9 Å². The minimum atomic E-state index is -3.73. The highest BCUT2D eigenvalue weighted by Crippen LogP contribution is 2.33. The van der Waals surface area contributed by atoms with E-state index >= 15 is 0 Å². The fraction of sp³-hybridized carbons (Fsp3) is 0.381. The zero-order valence-electron chi connectivity index (χ0n) is 17.3. The Balaban J connectivity index is 1.95. The van der Waals surface area contributed by atoms with E-state index in [1.807, 2.05) is 0 Å². The van der Waals surface area contributed by atoms with Crippen LogP contribution >= 0.6 is 11.6 Å². The second-order valence-electron chi connectivity index (χ2n) is 6.73. The average Bonchev–Trinajstić information content (AvgIpc) is 2.77. The molecule has 10 heteroatoms. The Morgan fingerprint density at radius 3 is 2.48 bits per heavy atom. The first-order chi connectivity index (χ1) is 14.8. The fourth-order valence-corrected chi connectivity index (χ4v) is 4.66. The second kappa shape index (κ2) is 10.4. The van der Waals surface area contributed by atoms with E-state index in [9.17, 15) is 13.2 Å².